The van der Waals surface area contributed by atoms with E-state index in [-0.39, 0.29) is 11.5 Å². The molecule has 0 aromatic heterocycles. The lowest BCUT2D eigenvalue weighted by atomic mass is 10.1. The van der Waals surface area contributed by atoms with Crippen molar-refractivity contribution >= 4 is 29.4 Å². The van der Waals surface area contributed by atoms with Crippen molar-refractivity contribution in [2.24, 2.45) is 5.10 Å². The second kappa shape index (κ2) is 8.13. The lowest BCUT2D eigenvalue weighted by molar-refractivity contribution is -0.114. The molecule has 1 aliphatic heterocycles. The topological polar surface area (TPSA) is 59.0 Å². The van der Waals surface area contributed by atoms with Crippen LogP contribution in [0.3, 0.4) is 0 Å². The third kappa shape index (κ3) is 4.03. The molecular formula is C24H17FN2O3. The highest BCUT2D eigenvalue weighted by atomic mass is 19.1. The summed E-state index contributed by atoms with van der Waals surface area (Å²) in [6.45, 7) is 1.78. The summed E-state index contributed by atoms with van der Waals surface area (Å²) in [6, 6.07) is 21.1. The highest BCUT2D eigenvalue weighted by Gasteiger charge is 2.28. The molecule has 0 spiro atoms. The van der Waals surface area contributed by atoms with Gasteiger partial charge in [0.25, 0.3) is 5.91 Å². The summed E-state index contributed by atoms with van der Waals surface area (Å²) in [5.41, 5.74) is 2.84. The Balaban J connectivity index is 1.48. The number of rotatable bonds is 4. The quantitative estimate of drug-likeness (QED) is 0.357. The van der Waals surface area contributed by atoms with Crippen molar-refractivity contribution in [2.75, 3.05) is 5.01 Å². The first-order valence-corrected chi connectivity index (χ1v) is 9.26. The minimum absolute atomic E-state index is 0.203. The van der Waals surface area contributed by atoms with Gasteiger partial charge in [-0.1, -0.05) is 30.3 Å². The molecule has 5 nitrogen and oxygen atoms in total. The second-order valence-electron chi connectivity index (χ2n) is 6.66. The fourth-order valence-electron chi connectivity index (χ4n) is 2.98. The average molecular weight is 400 g/mol. The van der Waals surface area contributed by atoms with E-state index in [1.807, 2.05) is 30.3 Å². The molecule has 148 valence electrons. The number of nitrogens with zero attached hydrogens (tertiary/aromatic N) is 2. The molecule has 0 aliphatic carbocycles. The lowest BCUT2D eigenvalue weighted by Gasteiger charge is -2.11. The van der Waals surface area contributed by atoms with E-state index in [1.54, 1.807) is 37.3 Å². The summed E-state index contributed by atoms with van der Waals surface area (Å²) in [6.07, 6.45) is 1.75. The number of para-hydroxylation sites is 1. The first-order valence-electron chi connectivity index (χ1n) is 9.26. The number of benzene rings is 3. The fraction of sp³-hybridized carbons (Fsp3) is 0.0417. The highest BCUT2D eigenvalue weighted by molar-refractivity contribution is 6.32. The Morgan fingerprint density at radius 1 is 0.967 bits per heavy atom. The van der Waals surface area contributed by atoms with Crippen molar-refractivity contribution < 1.29 is 18.7 Å². The molecule has 4 rings (SSSR count). The van der Waals surface area contributed by atoms with Gasteiger partial charge < -0.3 is 4.74 Å². The molecule has 3 aromatic rings. The van der Waals surface area contributed by atoms with E-state index in [2.05, 4.69) is 5.10 Å². The van der Waals surface area contributed by atoms with Crippen LogP contribution in [0.1, 0.15) is 22.8 Å². The number of carbonyl (C=O) groups is 2. The predicted molar refractivity (Wildman–Crippen MR) is 113 cm³/mol. The van der Waals surface area contributed by atoms with Crippen molar-refractivity contribution in [3.05, 3.63) is 101 Å². The molecule has 0 atom stereocenters. The molecule has 0 fully saturated rings. The van der Waals surface area contributed by atoms with Gasteiger partial charge in [-0.15, -0.1) is 0 Å². The zero-order valence-electron chi connectivity index (χ0n) is 16.1. The Morgan fingerprint density at radius 3 is 2.30 bits per heavy atom. The maximum absolute atomic E-state index is 13.0. The predicted octanol–water partition coefficient (Wildman–Crippen LogP) is 4.85. The van der Waals surface area contributed by atoms with E-state index in [9.17, 15) is 14.0 Å². The van der Waals surface area contributed by atoms with Crippen LogP contribution in [0.4, 0.5) is 10.1 Å². The molecule has 0 saturated heterocycles. The van der Waals surface area contributed by atoms with Crippen molar-refractivity contribution in [1.29, 1.82) is 0 Å². The number of esters is 1. The Labute approximate surface area is 172 Å². The highest BCUT2D eigenvalue weighted by Crippen LogP contribution is 2.25. The van der Waals surface area contributed by atoms with Gasteiger partial charge in [0, 0.05) is 0 Å². The number of carbonyl (C=O) groups excluding carboxylic acids is 2. The van der Waals surface area contributed by atoms with Gasteiger partial charge in [0.05, 0.1) is 22.5 Å². The molecule has 0 unspecified atom stereocenters. The number of amides is 1. The minimum atomic E-state index is -0.575. The molecule has 1 heterocycles. The molecule has 1 amide bonds. The van der Waals surface area contributed by atoms with Crippen LogP contribution in [0.15, 0.2) is 89.5 Å². The van der Waals surface area contributed by atoms with Gasteiger partial charge >= 0.3 is 5.97 Å². The Hall–Kier alpha value is -4.06. The standard InChI is InChI=1S/C24H17FN2O3/c1-16-22(23(28)27(26-16)20-5-3-2-4-6-20)15-17-7-13-21(14-8-17)30-24(29)18-9-11-19(25)12-10-18/h2-15H,1H3/b22-15-. The van der Waals surface area contributed by atoms with E-state index in [1.165, 1.54) is 29.3 Å². The number of hydrogen-bond acceptors (Lipinski definition) is 4. The molecule has 1 aliphatic rings. The summed E-state index contributed by atoms with van der Waals surface area (Å²) in [4.78, 5) is 24.9. The Bertz CT molecular complexity index is 1150. The number of anilines is 1. The maximum Gasteiger partial charge on any atom is 0.343 e. The average Bonchev–Trinajstić information content (AvgIpc) is 3.04. The molecule has 0 radical (unpaired) electrons. The van der Waals surface area contributed by atoms with Crippen LogP contribution in [0.2, 0.25) is 0 Å². The van der Waals surface area contributed by atoms with Crippen LogP contribution in [-0.2, 0) is 4.79 Å². The van der Waals surface area contributed by atoms with Crippen molar-refractivity contribution in [3.8, 4) is 5.75 Å². The van der Waals surface area contributed by atoms with Gasteiger partial charge in [-0.2, -0.15) is 10.1 Å². The van der Waals surface area contributed by atoms with Gasteiger partial charge in [0.15, 0.2) is 0 Å². The monoisotopic (exact) mass is 400 g/mol. The number of ether oxygens (including phenoxy) is 1. The first kappa shape index (κ1) is 19.3. The molecule has 0 N–H and O–H groups in total. The van der Waals surface area contributed by atoms with Crippen molar-refractivity contribution in [3.63, 3.8) is 0 Å². The smallest absolute Gasteiger partial charge is 0.343 e. The fourth-order valence-corrected chi connectivity index (χ4v) is 2.98. The van der Waals surface area contributed by atoms with Crippen LogP contribution >= 0.6 is 0 Å². The lowest BCUT2D eigenvalue weighted by Crippen LogP contribution is -2.21. The first-order chi connectivity index (χ1) is 14.5. The van der Waals surface area contributed by atoms with E-state index in [0.717, 1.165) is 5.56 Å². The third-order valence-electron chi connectivity index (χ3n) is 4.54. The van der Waals surface area contributed by atoms with Gasteiger partial charge in [-0.25, -0.2) is 9.18 Å². The van der Waals surface area contributed by atoms with Crippen LogP contribution in [0.25, 0.3) is 6.08 Å². The largest absolute Gasteiger partial charge is 0.423 e. The molecule has 3 aromatic carbocycles. The summed E-state index contributed by atoms with van der Waals surface area (Å²) < 4.78 is 18.3. The van der Waals surface area contributed by atoms with E-state index < -0.39 is 11.8 Å². The number of halogens is 1. The number of hydrazone groups is 1. The summed E-state index contributed by atoms with van der Waals surface area (Å²) >= 11 is 0. The molecule has 0 bridgehead atoms. The third-order valence-corrected chi connectivity index (χ3v) is 4.54. The van der Waals surface area contributed by atoms with Crippen molar-refractivity contribution in [1.82, 2.24) is 0 Å². The summed E-state index contributed by atoms with van der Waals surface area (Å²) in [5, 5.41) is 5.73. The van der Waals surface area contributed by atoms with Gasteiger partial charge in [0.2, 0.25) is 0 Å². The van der Waals surface area contributed by atoms with Gasteiger partial charge in [0.1, 0.15) is 11.6 Å². The normalized spacial score (nSPS) is 14.7. The zero-order chi connectivity index (χ0) is 21.1. The van der Waals surface area contributed by atoms with Crippen LogP contribution in [-0.4, -0.2) is 17.6 Å². The number of hydrogen-bond donors (Lipinski definition) is 0. The Kier molecular flexibility index (Phi) is 5.22. The van der Waals surface area contributed by atoms with Crippen LogP contribution in [0, 0.1) is 5.82 Å². The van der Waals surface area contributed by atoms with Gasteiger partial charge in [-0.05, 0) is 67.1 Å². The van der Waals surface area contributed by atoms with Crippen LogP contribution in [0.5, 0.6) is 5.75 Å². The minimum Gasteiger partial charge on any atom is -0.423 e. The second-order valence-corrected chi connectivity index (χ2v) is 6.66. The SMILES string of the molecule is CC1=NN(c2ccccc2)C(=O)/C1=C\c1ccc(OC(=O)c2ccc(F)cc2)cc1. The zero-order valence-corrected chi connectivity index (χ0v) is 16.1. The van der Waals surface area contributed by atoms with E-state index in [4.69, 9.17) is 4.74 Å². The summed E-state index contributed by atoms with van der Waals surface area (Å²) in [7, 11) is 0. The van der Waals surface area contributed by atoms with E-state index in [0.29, 0.717) is 22.7 Å². The summed E-state index contributed by atoms with van der Waals surface area (Å²) in [5.74, 6) is -0.852. The van der Waals surface area contributed by atoms with Gasteiger partial charge in [-0.3, -0.25) is 4.79 Å². The maximum atomic E-state index is 13.0. The molecule has 6 heteroatoms. The Morgan fingerprint density at radius 2 is 1.63 bits per heavy atom. The molecule has 0 saturated carbocycles. The molecule has 30 heavy (non-hydrogen) atoms. The van der Waals surface area contributed by atoms with Crippen LogP contribution < -0.4 is 9.75 Å². The van der Waals surface area contributed by atoms with Crippen molar-refractivity contribution in [2.45, 2.75) is 6.92 Å². The molecular weight excluding hydrogens is 383 g/mol. The van der Waals surface area contributed by atoms with E-state index >= 15 is 0 Å².